The van der Waals surface area contributed by atoms with Gasteiger partial charge in [0.1, 0.15) is 23.9 Å². The second-order valence-corrected chi connectivity index (χ2v) is 7.83. The molecule has 4 aromatic rings. The zero-order valence-corrected chi connectivity index (χ0v) is 18.2. The van der Waals surface area contributed by atoms with Gasteiger partial charge < -0.3 is 14.6 Å². The molecule has 0 amide bonds. The standard InChI is InChI=1S/C22H19F3N4O3S/c1-14-26-20(28-29(14)12-15-3-2-4-18(11-15)31-10-9-30)21-27-19(13-33-21)16-5-7-17(8-6-16)32-22(23,24)25/h2-8,11,13,30H,9-10,12H2,1H3. The molecule has 2 aromatic heterocycles. The molecule has 1 N–H and O–H groups in total. The molecule has 0 aliphatic heterocycles. The summed E-state index contributed by atoms with van der Waals surface area (Å²) in [6.07, 6.45) is -4.73. The van der Waals surface area contributed by atoms with E-state index >= 15 is 0 Å². The lowest BCUT2D eigenvalue weighted by Crippen LogP contribution is -2.16. The molecule has 172 valence electrons. The number of alkyl halides is 3. The fourth-order valence-electron chi connectivity index (χ4n) is 3.07. The van der Waals surface area contributed by atoms with Gasteiger partial charge >= 0.3 is 6.36 Å². The maximum Gasteiger partial charge on any atom is 0.573 e. The second-order valence-electron chi connectivity index (χ2n) is 6.97. The number of nitrogens with zero attached hydrogens (tertiary/aromatic N) is 4. The molecule has 0 radical (unpaired) electrons. The monoisotopic (exact) mass is 476 g/mol. The summed E-state index contributed by atoms with van der Waals surface area (Å²) in [5, 5.41) is 15.9. The molecule has 0 bridgehead atoms. The van der Waals surface area contributed by atoms with Gasteiger partial charge in [0.05, 0.1) is 18.8 Å². The fourth-order valence-corrected chi connectivity index (χ4v) is 3.82. The Morgan fingerprint density at radius 2 is 1.85 bits per heavy atom. The lowest BCUT2D eigenvalue weighted by atomic mass is 10.2. The molecular formula is C22H19F3N4O3S. The van der Waals surface area contributed by atoms with Gasteiger partial charge in [-0.05, 0) is 48.9 Å². The molecule has 0 unspecified atom stereocenters. The number of benzene rings is 2. The highest BCUT2D eigenvalue weighted by atomic mass is 32.1. The molecule has 0 saturated heterocycles. The van der Waals surface area contributed by atoms with Crippen LogP contribution in [0.2, 0.25) is 0 Å². The Labute approximate surface area is 191 Å². The summed E-state index contributed by atoms with van der Waals surface area (Å²) in [4.78, 5) is 9.04. The van der Waals surface area contributed by atoms with Crippen LogP contribution in [0.1, 0.15) is 11.4 Å². The largest absolute Gasteiger partial charge is 0.573 e. The molecule has 0 fully saturated rings. The maximum absolute atomic E-state index is 12.3. The van der Waals surface area contributed by atoms with Gasteiger partial charge in [0.25, 0.3) is 0 Å². The number of thiazole rings is 1. The zero-order valence-electron chi connectivity index (χ0n) is 17.4. The Kier molecular flexibility index (Phi) is 6.61. The Hall–Kier alpha value is -3.44. The number of aryl methyl sites for hydroxylation is 1. The van der Waals surface area contributed by atoms with Crippen LogP contribution in [0.25, 0.3) is 22.1 Å². The van der Waals surface area contributed by atoms with Crippen molar-refractivity contribution < 1.29 is 27.8 Å². The molecule has 0 saturated carbocycles. The van der Waals surface area contributed by atoms with E-state index in [-0.39, 0.29) is 19.0 Å². The first-order chi connectivity index (χ1) is 15.8. The third-order valence-electron chi connectivity index (χ3n) is 4.53. The lowest BCUT2D eigenvalue weighted by Gasteiger charge is -2.08. The molecule has 4 rings (SSSR count). The number of hydrogen-bond donors (Lipinski definition) is 1. The highest BCUT2D eigenvalue weighted by molar-refractivity contribution is 7.13. The summed E-state index contributed by atoms with van der Waals surface area (Å²) >= 11 is 1.35. The normalized spacial score (nSPS) is 11.5. The Morgan fingerprint density at radius 1 is 1.06 bits per heavy atom. The second kappa shape index (κ2) is 9.59. The van der Waals surface area contributed by atoms with Crippen LogP contribution in [0, 0.1) is 6.92 Å². The van der Waals surface area contributed by atoms with Gasteiger partial charge in [0, 0.05) is 10.9 Å². The molecule has 0 aliphatic rings. The first-order valence-corrected chi connectivity index (χ1v) is 10.7. The van der Waals surface area contributed by atoms with Crippen molar-refractivity contribution in [2.45, 2.75) is 19.8 Å². The number of aliphatic hydroxyl groups is 1. The first kappa shape index (κ1) is 22.7. The van der Waals surface area contributed by atoms with E-state index in [1.807, 2.05) is 31.2 Å². The van der Waals surface area contributed by atoms with Gasteiger partial charge in [-0.3, -0.25) is 0 Å². The van der Waals surface area contributed by atoms with Crippen LogP contribution in [-0.4, -0.2) is 44.4 Å². The molecule has 11 heteroatoms. The van der Waals surface area contributed by atoms with E-state index < -0.39 is 6.36 Å². The lowest BCUT2D eigenvalue weighted by molar-refractivity contribution is -0.274. The van der Waals surface area contributed by atoms with Gasteiger partial charge in [0.2, 0.25) is 5.82 Å². The van der Waals surface area contributed by atoms with E-state index in [0.29, 0.717) is 40.2 Å². The average Bonchev–Trinajstić information content (AvgIpc) is 3.39. The number of rotatable bonds is 8. The van der Waals surface area contributed by atoms with Gasteiger partial charge in [-0.2, -0.15) is 0 Å². The number of hydrogen-bond acceptors (Lipinski definition) is 7. The average molecular weight is 476 g/mol. The summed E-state index contributed by atoms with van der Waals surface area (Å²) in [6, 6.07) is 13.0. The Bertz CT molecular complexity index is 1220. The van der Waals surface area contributed by atoms with Crippen molar-refractivity contribution in [2.75, 3.05) is 13.2 Å². The van der Waals surface area contributed by atoms with Gasteiger partial charge in [0.15, 0.2) is 5.01 Å². The van der Waals surface area contributed by atoms with Crippen LogP contribution >= 0.6 is 11.3 Å². The number of ether oxygens (including phenoxy) is 2. The highest BCUT2D eigenvalue weighted by Gasteiger charge is 2.31. The van der Waals surface area contributed by atoms with Crippen LogP contribution in [-0.2, 0) is 6.54 Å². The SMILES string of the molecule is Cc1nc(-c2nc(-c3ccc(OC(F)(F)F)cc3)cs2)nn1Cc1cccc(OCCO)c1. The van der Waals surface area contributed by atoms with E-state index in [0.717, 1.165) is 5.56 Å². The third-order valence-corrected chi connectivity index (χ3v) is 5.36. The van der Waals surface area contributed by atoms with Crippen LogP contribution in [0.4, 0.5) is 13.2 Å². The van der Waals surface area contributed by atoms with Crippen molar-refractivity contribution in [2.24, 2.45) is 0 Å². The summed E-state index contributed by atoms with van der Waals surface area (Å²) in [7, 11) is 0. The molecule has 0 atom stereocenters. The summed E-state index contributed by atoms with van der Waals surface area (Å²) < 4.78 is 48.1. The molecule has 0 spiro atoms. The van der Waals surface area contributed by atoms with Crippen molar-refractivity contribution >= 4 is 11.3 Å². The smallest absolute Gasteiger partial charge is 0.491 e. The maximum atomic E-state index is 12.3. The van der Waals surface area contributed by atoms with E-state index in [2.05, 4.69) is 19.8 Å². The van der Waals surface area contributed by atoms with Crippen LogP contribution in [0.3, 0.4) is 0 Å². The van der Waals surface area contributed by atoms with Gasteiger partial charge in [-0.1, -0.05) is 12.1 Å². The van der Waals surface area contributed by atoms with Crippen molar-refractivity contribution in [1.82, 2.24) is 19.7 Å². The Morgan fingerprint density at radius 3 is 2.58 bits per heavy atom. The van der Waals surface area contributed by atoms with E-state index in [1.54, 1.807) is 10.1 Å². The van der Waals surface area contributed by atoms with Crippen LogP contribution in [0.15, 0.2) is 53.9 Å². The van der Waals surface area contributed by atoms with Crippen LogP contribution in [0.5, 0.6) is 11.5 Å². The minimum absolute atomic E-state index is 0.0585. The summed E-state index contributed by atoms with van der Waals surface area (Å²) in [6.45, 7) is 2.49. The molecule has 0 aliphatic carbocycles. The highest BCUT2D eigenvalue weighted by Crippen LogP contribution is 2.30. The minimum Gasteiger partial charge on any atom is -0.491 e. The molecule has 7 nitrogen and oxygen atoms in total. The molecule has 33 heavy (non-hydrogen) atoms. The number of halogens is 3. The molecule has 2 aromatic carbocycles. The van der Waals surface area contributed by atoms with Gasteiger partial charge in [-0.25, -0.2) is 14.6 Å². The predicted octanol–water partition coefficient (Wildman–Crippen LogP) is 4.70. The van der Waals surface area contributed by atoms with Crippen molar-refractivity contribution in [1.29, 1.82) is 0 Å². The minimum atomic E-state index is -4.73. The zero-order chi connectivity index (χ0) is 23.4. The third kappa shape index (κ3) is 5.88. The van der Waals surface area contributed by atoms with E-state index in [4.69, 9.17) is 9.84 Å². The Balaban J connectivity index is 1.49. The van der Waals surface area contributed by atoms with Crippen molar-refractivity contribution in [3.8, 4) is 33.6 Å². The predicted molar refractivity (Wildman–Crippen MR) is 116 cm³/mol. The van der Waals surface area contributed by atoms with Crippen LogP contribution < -0.4 is 9.47 Å². The topological polar surface area (TPSA) is 82.3 Å². The van der Waals surface area contributed by atoms with Crippen molar-refractivity contribution in [3.05, 3.63) is 65.3 Å². The number of aliphatic hydroxyl groups excluding tert-OH is 1. The first-order valence-electron chi connectivity index (χ1n) is 9.87. The summed E-state index contributed by atoms with van der Waals surface area (Å²) in [5.74, 6) is 1.55. The van der Waals surface area contributed by atoms with E-state index in [1.165, 1.54) is 35.6 Å². The van der Waals surface area contributed by atoms with Gasteiger partial charge in [-0.15, -0.1) is 29.6 Å². The summed E-state index contributed by atoms with van der Waals surface area (Å²) in [5.41, 5.74) is 2.23. The number of aromatic nitrogens is 4. The molecular weight excluding hydrogens is 457 g/mol. The fraction of sp³-hybridized carbons (Fsp3) is 0.227. The van der Waals surface area contributed by atoms with Crippen molar-refractivity contribution in [3.63, 3.8) is 0 Å². The van der Waals surface area contributed by atoms with E-state index in [9.17, 15) is 13.2 Å². The quantitative estimate of drug-likeness (QED) is 0.397. The molecule has 2 heterocycles.